The zero-order chi connectivity index (χ0) is 13.3. The Kier molecular flexibility index (Phi) is 3.48. The summed E-state index contributed by atoms with van der Waals surface area (Å²) in [5.41, 5.74) is -0.0390. The van der Waals surface area contributed by atoms with Crippen LogP contribution in [0.25, 0.3) is 0 Å². The Labute approximate surface area is 113 Å². The summed E-state index contributed by atoms with van der Waals surface area (Å²) in [4.78, 5) is 25.7. The molecule has 3 fully saturated rings. The van der Waals surface area contributed by atoms with Crippen LogP contribution in [0.2, 0.25) is 0 Å². The number of likely N-dealkylation sites (tertiary alicyclic amines) is 1. The Morgan fingerprint density at radius 2 is 2.16 bits per heavy atom. The third kappa shape index (κ3) is 2.61. The zero-order valence-corrected chi connectivity index (χ0v) is 11.3. The second-order valence-corrected chi connectivity index (χ2v) is 6.01. The van der Waals surface area contributed by atoms with Crippen molar-refractivity contribution >= 4 is 11.8 Å². The topological polar surface area (TPSA) is 58.6 Å². The van der Waals surface area contributed by atoms with E-state index < -0.39 is 0 Å². The van der Waals surface area contributed by atoms with Crippen molar-refractivity contribution < 1.29 is 14.3 Å². The van der Waals surface area contributed by atoms with E-state index in [1.54, 1.807) is 0 Å². The Bertz CT molecular complexity index is 379. The van der Waals surface area contributed by atoms with Crippen LogP contribution < -0.4 is 5.32 Å². The summed E-state index contributed by atoms with van der Waals surface area (Å²) in [6, 6.07) is 0. The van der Waals surface area contributed by atoms with Crippen molar-refractivity contribution in [1.82, 2.24) is 10.2 Å². The fourth-order valence-electron chi connectivity index (χ4n) is 3.54. The highest BCUT2D eigenvalue weighted by atomic mass is 16.5. The van der Waals surface area contributed by atoms with Crippen molar-refractivity contribution in [2.75, 3.05) is 19.7 Å². The van der Waals surface area contributed by atoms with E-state index in [4.69, 9.17) is 4.74 Å². The van der Waals surface area contributed by atoms with Crippen LogP contribution in [0.5, 0.6) is 0 Å². The molecule has 2 atom stereocenters. The summed E-state index contributed by atoms with van der Waals surface area (Å²) in [7, 11) is 0. The smallest absolute Gasteiger partial charge is 0.251 e. The summed E-state index contributed by atoms with van der Waals surface area (Å²) in [5.74, 6) is 0.317. The minimum Gasteiger partial charge on any atom is -0.368 e. The molecule has 3 heterocycles. The van der Waals surface area contributed by atoms with Gasteiger partial charge in [0, 0.05) is 31.7 Å². The molecule has 0 aromatic rings. The molecule has 106 valence electrons. The third-order valence-electron chi connectivity index (χ3n) is 4.70. The lowest BCUT2D eigenvalue weighted by molar-refractivity contribution is -0.140. The normalized spacial score (nSPS) is 35.5. The molecule has 5 nitrogen and oxygen atoms in total. The van der Waals surface area contributed by atoms with Gasteiger partial charge in [-0.1, -0.05) is 0 Å². The summed E-state index contributed by atoms with van der Waals surface area (Å²) in [5, 5.41) is 3.13. The average Bonchev–Trinajstić information content (AvgIpc) is 2.98. The van der Waals surface area contributed by atoms with Crippen LogP contribution in [0.15, 0.2) is 0 Å². The van der Waals surface area contributed by atoms with E-state index in [0.717, 1.165) is 51.6 Å². The number of ether oxygens (including phenoxy) is 1. The fourth-order valence-corrected chi connectivity index (χ4v) is 3.54. The highest BCUT2D eigenvalue weighted by molar-refractivity contribution is 5.81. The van der Waals surface area contributed by atoms with Crippen LogP contribution in [-0.2, 0) is 14.3 Å². The predicted octanol–water partition coefficient (Wildman–Crippen LogP) is 0.827. The first-order chi connectivity index (χ1) is 9.19. The van der Waals surface area contributed by atoms with Gasteiger partial charge in [0.1, 0.15) is 6.10 Å². The summed E-state index contributed by atoms with van der Waals surface area (Å²) in [6.07, 6.45) is 6.05. The number of carbonyl (C=O) groups excluding carboxylic acids is 2. The largest absolute Gasteiger partial charge is 0.368 e. The van der Waals surface area contributed by atoms with Crippen molar-refractivity contribution in [2.45, 2.75) is 56.6 Å². The van der Waals surface area contributed by atoms with E-state index in [2.05, 4.69) is 5.32 Å². The van der Waals surface area contributed by atoms with E-state index >= 15 is 0 Å². The molecule has 0 aromatic heterocycles. The average molecular weight is 266 g/mol. The van der Waals surface area contributed by atoms with Gasteiger partial charge in [-0.2, -0.15) is 0 Å². The van der Waals surface area contributed by atoms with E-state index in [9.17, 15) is 9.59 Å². The molecule has 0 aromatic carbocycles. The van der Waals surface area contributed by atoms with Crippen molar-refractivity contribution in [2.24, 2.45) is 0 Å². The number of rotatable bonds is 1. The van der Waals surface area contributed by atoms with Gasteiger partial charge in [-0.3, -0.25) is 9.59 Å². The van der Waals surface area contributed by atoms with Gasteiger partial charge in [0.2, 0.25) is 5.91 Å². The fraction of sp³-hybridized carbons (Fsp3) is 0.857. The summed E-state index contributed by atoms with van der Waals surface area (Å²) >= 11 is 0. The molecular weight excluding hydrogens is 244 g/mol. The molecular formula is C14H22N2O3. The maximum Gasteiger partial charge on any atom is 0.251 e. The molecule has 0 bridgehead atoms. The van der Waals surface area contributed by atoms with Crippen LogP contribution in [0.4, 0.5) is 0 Å². The molecule has 0 aliphatic carbocycles. The number of hydrogen-bond acceptors (Lipinski definition) is 3. The van der Waals surface area contributed by atoms with E-state index in [1.165, 1.54) is 0 Å². The van der Waals surface area contributed by atoms with E-state index in [0.29, 0.717) is 13.0 Å². The number of carbonyl (C=O) groups is 2. The molecule has 1 spiro atoms. The second kappa shape index (κ2) is 5.12. The molecule has 3 aliphatic rings. The van der Waals surface area contributed by atoms with Gasteiger partial charge in [0.25, 0.3) is 5.91 Å². The third-order valence-corrected chi connectivity index (χ3v) is 4.70. The van der Waals surface area contributed by atoms with Crippen LogP contribution in [0.1, 0.15) is 44.9 Å². The highest BCUT2D eigenvalue weighted by Gasteiger charge is 2.40. The quantitative estimate of drug-likeness (QED) is 0.764. The minimum absolute atomic E-state index is 0.0390. The lowest BCUT2D eigenvalue weighted by Crippen LogP contribution is -2.44. The van der Waals surface area contributed by atoms with Crippen molar-refractivity contribution in [3.63, 3.8) is 0 Å². The van der Waals surface area contributed by atoms with Crippen molar-refractivity contribution in [3.8, 4) is 0 Å². The SMILES string of the molecule is O=C1CCC2(CCCN(C(=O)[C@H]3CCCO3)CC2)N1. The lowest BCUT2D eigenvalue weighted by Gasteiger charge is -2.28. The number of amides is 2. The van der Waals surface area contributed by atoms with Crippen LogP contribution in [0, 0.1) is 0 Å². The first-order valence-electron chi connectivity index (χ1n) is 7.40. The van der Waals surface area contributed by atoms with Crippen LogP contribution in [0.3, 0.4) is 0 Å². The number of nitrogens with zero attached hydrogens (tertiary/aromatic N) is 1. The maximum atomic E-state index is 12.3. The van der Waals surface area contributed by atoms with Gasteiger partial charge >= 0.3 is 0 Å². The molecule has 1 N–H and O–H groups in total. The summed E-state index contributed by atoms with van der Waals surface area (Å²) in [6.45, 7) is 2.26. The van der Waals surface area contributed by atoms with Gasteiger partial charge in [-0.05, 0) is 38.5 Å². The lowest BCUT2D eigenvalue weighted by atomic mass is 9.89. The van der Waals surface area contributed by atoms with Crippen molar-refractivity contribution in [1.29, 1.82) is 0 Å². The highest BCUT2D eigenvalue weighted by Crippen LogP contribution is 2.31. The van der Waals surface area contributed by atoms with E-state index in [-0.39, 0.29) is 23.5 Å². The van der Waals surface area contributed by atoms with E-state index in [1.807, 2.05) is 4.90 Å². The standard InChI is InChI=1S/C14H22N2O3/c17-12-4-6-14(15-12)5-2-8-16(9-7-14)13(18)11-3-1-10-19-11/h11H,1-10H2,(H,15,17)/t11-,14?/m1/s1. The van der Waals surface area contributed by atoms with Gasteiger partial charge in [-0.15, -0.1) is 0 Å². The van der Waals surface area contributed by atoms with Crippen LogP contribution in [-0.4, -0.2) is 48.1 Å². The Hall–Kier alpha value is -1.10. The Morgan fingerprint density at radius 3 is 2.84 bits per heavy atom. The van der Waals surface area contributed by atoms with Gasteiger partial charge < -0.3 is 15.0 Å². The molecule has 0 saturated carbocycles. The second-order valence-electron chi connectivity index (χ2n) is 6.01. The molecule has 0 radical (unpaired) electrons. The number of nitrogens with one attached hydrogen (secondary N) is 1. The molecule has 5 heteroatoms. The minimum atomic E-state index is -0.216. The van der Waals surface area contributed by atoms with Gasteiger partial charge in [-0.25, -0.2) is 0 Å². The van der Waals surface area contributed by atoms with Crippen molar-refractivity contribution in [3.05, 3.63) is 0 Å². The maximum absolute atomic E-state index is 12.3. The first-order valence-corrected chi connectivity index (χ1v) is 7.40. The molecule has 3 saturated heterocycles. The van der Waals surface area contributed by atoms with Gasteiger partial charge in [0.15, 0.2) is 0 Å². The molecule has 19 heavy (non-hydrogen) atoms. The molecule has 3 rings (SSSR count). The Balaban J connectivity index is 1.61. The monoisotopic (exact) mass is 266 g/mol. The summed E-state index contributed by atoms with van der Waals surface area (Å²) < 4.78 is 5.48. The number of hydrogen-bond donors (Lipinski definition) is 1. The first kappa shape index (κ1) is 12.9. The molecule has 3 aliphatic heterocycles. The Morgan fingerprint density at radius 1 is 1.26 bits per heavy atom. The van der Waals surface area contributed by atoms with Gasteiger partial charge in [0.05, 0.1) is 0 Å². The molecule has 1 unspecified atom stereocenters. The van der Waals surface area contributed by atoms with Crippen LogP contribution >= 0.6 is 0 Å². The molecule has 2 amide bonds. The zero-order valence-electron chi connectivity index (χ0n) is 11.3. The predicted molar refractivity (Wildman–Crippen MR) is 69.5 cm³/mol.